The minimum Gasteiger partial charge on any atom is -0.477 e. The molecule has 0 aliphatic carbocycles. The van der Waals surface area contributed by atoms with Gasteiger partial charge >= 0.3 is 12.1 Å². The molecule has 106 valence electrons. The summed E-state index contributed by atoms with van der Waals surface area (Å²) in [5.41, 5.74) is -0.188. The first-order chi connectivity index (χ1) is 9.38. The summed E-state index contributed by atoms with van der Waals surface area (Å²) in [6, 6.07) is 6.70. The van der Waals surface area contributed by atoms with Gasteiger partial charge in [0.25, 0.3) is 0 Å². The first-order valence-corrected chi connectivity index (χ1v) is 7.34. The predicted octanol–water partition coefficient (Wildman–Crippen LogP) is 4.76. The van der Waals surface area contributed by atoms with Crippen molar-refractivity contribution in [3.8, 4) is 0 Å². The number of halogens is 3. The molecular weight excluding hydrogens is 309 g/mol. The van der Waals surface area contributed by atoms with Gasteiger partial charge in [0.2, 0.25) is 0 Å². The minimum absolute atomic E-state index is 0.210. The molecule has 0 saturated heterocycles. The van der Waals surface area contributed by atoms with Crippen LogP contribution in [-0.4, -0.2) is 11.1 Å². The summed E-state index contributed by atoms with van der Waals surface area (Å²) in [5, 5.41) is 10.6. The second-order valence-corrected chi connectivity index (χ2v) is 5.84. The zero-order valence-corrected chi connectivity index (χ0v) is 11.6. The fourth-order valence-corrected chi connectivity index (χ4v) is 3.48. The topological polar surface area (TPSA) is 37.3 Å². The number of hydrogen-bond acceptors (Lipinski definition) is 3. The Morgan fingerprint density at radius 1 is 1.30 bits per heavy atom. The molecule has 2 nitrogen and oxygen atoms in total. The van der Waals surface area contributed by atoms with Crippen LogP contribution in [0.25, 0.3) is 0 Å². The number of carboxylic acids is 1. The van der Waals surface area contributed by atoms with Crippen molar-refractivity contribution in [3.05, 3.63) is 51.7 Å². The number of benzene rings is 1. The highest BCUT2D eigenvalue weighted by Gasteiger charge is 2.30. The molecule has 0 aliphatic rings. The second-order valence-electron chi connectivity index (χ2n) is 3.91. The Bertz CT molecular complexity index is 620. The molecule has 1 aromatic heterocycles. The Morgan fingerprint density at radius 3 is 2.70 bits per heavy atom. The number of rotatable bonds is 4. The molecule has 0 saturated carbocycles. The summed E-state index contributed by atoms with van der Waals surface area (Å²) >= 11 is 2.32. The van der Waals surface area contributed by atoms with E-state index in [1.165, 1.54) is 17.8 Å². The Morgan fingerprint density at radius 2 is 2.05 bits per heavy atom. The maximum absolute atomic E-state index is 12.6. The predicted molar refractivity (Wildman–Crippen MR) is 72.3 cm³/mol. The van der Waals surface area contributed by atoms with E-state index in [-0.39, 0.29) is 4.88 Å². The van der Waals surface area contributed by atoms with E-state index in [0.29, 0.717) is 16.2 Å². The highest BCUT2D eigenvalue weighted by molar-refractivity contribution is 7.98. The lowest BCUT2D eigenvalue weighted by Gasteiger charge is -2.08. The van der Waals surface area contributed by atoms with Crippen molar-refractivity contribution >= 4 is 29.1 Å². The number of thioether (sulfide) groups is 1. The van der Waals surface area contributed by atoms with Gasteiger partial charge in [-0.15, -0.1) is 23.1 Å². The standard InChI is InChI=1S/C13H9F3O2S2/c14-13(15,16)9-3-1-2-8(6-9)7-20-10-4-5-19-11(10)12(17)18/h1-6H,7H2,(H,17,18). The molecule has 0 unspecified atom stereocenters. The molecule has 1 aromatic carbocycles. The summed E-state index contributed by atoms with van der Waals surface area (Å²) in [6.07, 6.45) is -4.37. The smallest absolute Gasteiger partial charge is 0.416 e. The molecule has 0 radical (unpaired) electrons. The van der Waals surface area contributed by atoms with E-state index in [9.17, 15) is 18.0 Å². The third-order valence-corrected chi connectivity index (χ3v) is 4.63. The summed E-state index contributed by atoms with van der Waals surface area (Å²) in [5.74, 6) is -0.729. The highest BCUT2D eigenvalue weighted by Crippen LogP contribution is 2.33. The molecule has 0 fully saturated rings. The molecular formula is C13H9F3O2S2. The summed E-state index contributed by atoms with van der Waals surface area (Å²) in [7, 11) is 0. The number of carboxylic acid groups (broad SMARTS) is 1. The maximum atomic E-state index is 12.6. The van der Waals surface area contributed by atoms with Crippen molar-refractivity contribution in [3.63, 3.8) is 0 Å². The van der Waals surface area contributed by atoms with Crippen molar-refractivity contribution in [1.29, 1.82) is 0 Å². The summed E-state index contributed by atoms with van der Waals surface area (Å²) in [4.78, 5) is 11.7. The third kappa shape index (κ3) is 3.55. The molecule has 0 spiro atoms. The van der Waals surface area contributed by atoms with E-state index < -0.39 is 17.7 Å². The zero-order chi connectivity index (χ0) is 14.8. The van der Waals surface area contributed by atoms with Crippen LogP contribution in [0.4, 0.5) is 13.2 Å². The van der Waals surface area contributed by atoms with Crippen molar-refractivity contribution in [1.82, 2.24) is 0 Å². The first kappa shape index (κ1) is 14.9. The van der Waals surface area contributed by atoms with Crippen LogP contribution < -0.4 is 0 Å². The lowest BCUT2D eigenvalue weighted by atomic mass is 10.1. The number of alkyl halides is 3. The average molecular weight is 318 g/mol. The van der Waals surface area contributed by atoms with Crippen LogP contribution in [-0.2, 0) is 11.9 Å². The molecule has 7 heteroatoms. The van der Waals surface area contributed by atoms with Gasteiger partial charge in [0, 0.05) is 10.6 Å². The Kier molecular flexibility index (Phi) is 4.39. The highest BCUT2D eigenvalue weighted by atomic mass is 32.2. The van der Waals surface area contributed by atoms with Gasteiger partial charge < -0.3 is 5.11 Å². The molecule has 0 aliphatic heterocycles. The second kappa shape index (κ2) is 5.88. The monoisotopic (exact) mass is 318 g/mol. The molecule has 2 aromatic rings. The van der Waals surface area contributed by atoms with Crippen LogP contribution in [0.2, 0.25) is 0 Å². The average Bonchev–Trinajstić information content (AvgIpc) is 2.84. The molecule has 0 bridgehead atoms. The van der Waals surface area contributed by atoms with Crippen molar-refractivity contribution < 1.29 is 23.1 Å². The van der Waals surface area contributed by atoms with E-state index in [4.69, 9.17) is 5.11 Å². The number of carbonyl (C=O) groups is 1. The third-order valence-electron chi connectivity index (χ3n) is 2.47. The fraction of sp³-hybridized carbons (Fsp3) is 0.154. The number of thiophene rings is 1. The molecule has 20 heavy (non-hydrogen) atoms. The van der Waals surface area contributed by atoms with Crippen LogP contribution in [0.5, 0.6) is 0 Å². The zero-order valence-electron chi connectivity index (χ0n) is 9.98. The van der Waals surface area contributed by atoms with Gasteiger partial charge in [0.15, 0.2) is 0 Å². The maximum Gasteiger partial charge on any atom is 0.416 e. The minimum atomic E-state index is -4.37. The van der Waals surface area contributed by atoms with Gasteiger partial charge in [-0.2, -0.15) is 13.2 Å². The Labute approximate surface area is 121 Å². The summed E-state index contributed by atoms with van der Waals surface area (Å²) in [6.45, 7) is 0. The van der Waals surface area contributed by atoms with E-state index >= 15 is 0 Å². The molecule has 0 atom stereocenters. The van der Waals surface area contributed by atoms with Crippen LogP contribution >= 0.6 is 23.1 Å². The fourth-order valence-electron chi connectivity index (χ4n) is 1.57. The van der Waals surface area contributed by atoms with Crippen LogP contribution in [0.1, 0.15) is 20.8 Å². The first-order valence-electron chi connectivity index (χ1n) is 5.47. The molecule has 2 rings (SSSR count). The van der Waals surface area contributed by atoms with Crippen molar-refractivity contribution in [2.45, 2.75) is 16.8 Å². The van der Waals surface area contributed by atoms with Crippen LogP contribution in [0, 0.1) is 0 Å². The lowest BCUT2D eigenvalue weighted by molar-refractivity contribution is -0.137. The van der Waals surface area contributed by atoms with Gasteiger partial charge in [0.05, 0.1) is 5.56 Å². The van der Waals surface area contributed by atoms with Gasteiger partial charge in [-0.05, 0) is 23.1 Å². The summed E-state index contributed by atoms with van der Waals surface area (Å²) < 4.78 is 37.7. The van der Waals surface area contributed by atoms with Crippen LogP contribution in [0.15, 0.2) is 40.6 Å². The molecule has 1 N–H and O–H groups in total. The van der Waals surface area contributed by atoms with Crippen molar-refractivity contribution in [2.24, 2.45) is 0 Å². The number of aromatic carboxylic acids is 1. The SMILES string of the molecule is O=C(O)c1sccc1SCc1cccc(C(F)(F)F)c1. The quantitative estimate of drug-likeness (QED) is 0.826. The largest absolute Gasteiger partial charge is 0.477 e. The van der Waals surface area contributed by atoms with Gasteiger partial charge in [-0.25, -0.2) is 4.79 Å². The van der Waals surface area contributed by atoms with Gasteiger partial charge in [-0.1, -0.05) is 18.2 Å². The van der Waals surface area contributed by atoms with Gasteiger partial charge in [0.1, 0.15) is 4.88 Å². The molecule has 0 amide bonds. The van der Waals surface area contributed by atoms with Crippen molar-refractivity contribution in [2.75, 3.05) is 0 Å². The van der Waals surface area contributed by atoms with E-state index in [0.717, 1.165) is 23.5 Å². The van der Waals surface area contributed by atoms with E-state index in [1.54, 1.807) is 17.5 Å². The lowest BCUT2D eigenvalue weighted by Crippen LogP contribution is -2.04. The van der Waals surface area contributed by atoms with E-state index in [1.807, 2.05) is 0 Å². The van der Waals surface area contributed by atoms with Crippen LogP contribution in [0.3, 0.4) is 0 Å². The normalized spacial score (nSPS) is 11.6. The molecule has 1 heterocycles. The Balaban J connectivity index is 2.11. The van der Waals surface area contributed by atoms with Gasteiger partial charge in [-0.3, -0.25) is 0 Å². The van der Waals surface area contributed by atoms with E-state index in [2.05, 4.69) is 0 Å². The Hall–Kier alpha value is -1.47. The number of hydrogen-bond donors (Lipinski definition) is 1.